The zero-order valence-electron chi connectivity index (χ0n) is 12.6. The molecule has 1 aromatic heterocycles. The molecule has 4 rings (SSSR count). The van der Waals surface area contributed by atoms with E-state index in [4.69, 9.17) is 4.74 Å². The van der Waals surface area contributed by atoms with Crippen molar-refractivity contribution in [1.82, 2.24) is 9.97 Å². The Morgan fingerprint density at radius 1 is 0.952 bits per heavy atom. The summed E-state index contributed by atoms with van der Waals surface area (Å²) in [6.07, 6.45) is 8.60. The average molecular weight is 288 g/mol. The van der Waals surface area contributed by atoms with Crippen LogP contribution in [-0.2, 0) is 4.74 Å². The molecule has 2 aliphatic heterocycles. The SMILES string of the molecule is c1nc(N2CCOCC2)cc(N2CCC3CCCCC32)n1. The predicted molar refractivity (Wildman–Crippen MR) is 82.8 cm³/mol. The summed E-state index contributed by atoms with van der Waals surface area (Å²) in [5.41, 5.74) is 0. The molecule has 2 unspecified atom stereocenters. The highest BCUT2D eigenvalue weighted by Gasteiger charge is 2.36. The van der Waals surface area contributed by atoms with Crippen LogP contribution in [0, 0.1) is 5.92 Å². The van der Waals surface area contributed by atoms with Gasteiger partial charge in [0, 0.05) is 31.7 Å². The summed E-state index contributed by atoms with van der Waals surface area (Å²) in [6, 6.07) is 2.90. The Balaban J connectivity index is 1.54. The fourth-order valence-corrected chi connectivity index (χ4v) is 4.15. The molecule has 114 valence electrons. The van der Waals surface area contributed by atoms with Gasteiger partial charge in [0.15, 0.2) is 0 Å². The van der Waals surface area contributed by atoms with Gasteiger partial charge < -0.3 is 14.5 Å². The summed E-state index contributed by atoms with van der Waals surface area (Å²) < 4.78 is 5.43. The second-order valence-corrected chi connectivity index (χ2v) is 6.43. The Labute approximate surface area is 126 Å². The third-order valence-corrected chi connectivity index (χ3v) is 5.28. The molecule has 3 fully saturated rings. The fourth-order valence-electron chi connectivity index (χ4n) is 4.15. The Bertz CT molecular complexity index is 489. The van der Waals surface area contributed by atoms with Gasteiger partial charge in [0.2, 0.25) is 0 Å². The molecule has 5 heteroatoms. The van der Waals surface area contributed by atoms with Crippen molar-refractivity contribution >= 4 is 11.6 Å². The number of nitrogens with zero attached hydrogens (tertiary/aromatic N) is 4. The smallest absolute Gasteiger partial charge is 0.134 e. The highest BCUT2D eigenvalue weighted by Crippen LogP contribution is 2.38. The number of aromatic nitrogens is 2. The van der Waals surface area contributed by atoms with Gasteiger partial charge in [-0.2, -0.15) is 0 Å². The predicted octanol–water partition coefficient (Wildman–Crippen LogP) is 2.08. The Morgan fingerprint density at radius 2 is 1.76 bits per heavy atom. The minimum absolute atomic E-state index is 0.714. The van der Waals surface area contributed by atoms with Crippen LogP contribution in [0.5, 0.6) is 0 Å². The van der Waals surface area contributed by atoms with Gasteiger partial charge in [-0.1, -0.05) is 12.8 Å². The standard InChI is InChI=1S/C16H24N4O/c1-2-4-14-13(3-1)5-6-20(14)16-11-15(17-12-18-16)19-7-9-21-10-8-19/h11-14H,1-10H2. The van der Waals surface area contributed by atoms with Crippen LogP contribution in [0.15, 0.2) is 12.4 Å². The lowest BCUT2D eigenvalue weighted by molar-refractivity contribution is 0.122. The molecule has 21 heavy (non-hydrogen) atoms. The van der Waals surface area contributed by atoms with Crippen molar-refractivity contribution in [1.29, 1.82) is 0 Å². The minimum Gasteiger partial charge on any atom is -0.378 e. The molecule has 2 saturated heterocycles. The number of hydrogen-bond donors (Lipinski definition) is 0. The van der Waals surface area contributed by atoms with Gasteiger partial charge in [-0.25, -0.2) is 9.97 Å². The van der Waals surface area contributed by atoms with Gasteiger partial charge in [0.05, 0.1) is 13.2 Å². The number of anilines is 2. The quantitative estimate of drug-likeness (QED) is 0.833. The van der Waals surface area contributed by atoms with Crippen molar-refractivity contribution < 1.29 is 4.74 Å². The molecule has 0 spiro atoms. The van der Waals surface area contributed by atoms with E-state index >= 15 is 0 Å². The third kappa shape index (κ3) is 2.59. The Kier molecular flexibility index (Phi) is 3.67. The molecule has 5 nitrogen and oxygen atoms in total. The molecule has 1 aromatic rings. The summed E-state index contributed by atoms with van der Waals surface area (Å²) >= 11 is 0. The van der Waals surface area contributed by atoms with E-state index in [0.717, 1.165) is 50.4 Å². The van der Waals surface area contributed by atoms with E-state index in [1.54, 1.807) is 6.33 Å². The first-order chi connectivity index (χ1) is 10.4. The van der Waals surface area contributed by atoms with Crippen LogP contribution in [0.1, 0.15) is 32.1 Å². The van der Waals surface area contributed by atoms with E-state index < -0.39 is 0 Å². The molecule has 0 aromatic carbocycles. The first-order valence-corrected chi connectivity index (χ1v) is 8.33. The van der Waals surface area contributed by atoms with Crippen molar-refractivity contribution in [2.24, 2.45) is 5.92 Å². The summed E-state index contributed by atoms with van der Waals surface area (Å²) in [6.45, 7) is 4.63. The van der Waals surface area contributed by atoms with E-state index in [0.29, 0.717) is 6.04 Å². The van der Waals surface area contributed by atoms with Gasteiger partial charge in [-0.15, -0.1) is 0 Å². The number of hydrogen-bond acceptors (Lipinski definition) is 5. The van der Waals surface area contributed by atoms with Crippen LogP contribution in [-0.4, -0.2) is 48.9 Å². The van der Waals surface area contributed by atoms with Crippen LogP contribution in [0.2, 0.25) is 0 Å². The van der Waals surface area contributed by atoms with Crippen molar-refractivity contribution in [3.63, 3.8) is 0 Å². The summed E-state index contributed by atoms with van der Waals surface area (Å²) in [5, 5.41) is 0. The van der Waals surface area contributed by atoms with Crippen molar-refractivity contribution in [2.45, 2.75) is 38.1 Å². The lowest BCUT2D eigenvalue weighted by Crippen LogP contribution is -2.38. The molecule has 3 heterocycles. The van der Waals surface area contributed by atoms with E-state index in [1.165, 1.54) is 32.1 Å². The van der Waals surface area contributed by atoms with Gasteiger partial charge in [0.25, 0.3) is 0 Å². The molecule has 0 amide bonds. The number of morpholine rings is 1. The largest absolute Gasteiger partial charge is 0.378 e. The van der Waals surface area contributed by atoms with Crippen LogP contribution in [0.25, 0.3) is 0 Å². The van der Waals surface area contributed by atoms with Crippen molar-refractivity contribution in [3.05, 3.63) is 12.4 Å². The molecule has 0 N–H and O–H groups in total. The second-order valence-electron chi connectivity index (χ2n) is 6.43. The number of rotatable bonds is 2. The zero-order valence-corrected chi connectivity index (χ0v) is 12.6. The maximum Gasteiger partial charge on any atom is 0.134 e. The average Bonchev–Trinajstić information content (AvgIpc) is 3.00. The second kappa shape index (κ2) is 5.79. The van der Waals surface area contributed by atoms with Crippen molar-refractivity contribution in [2.75, 3.05) is 42.6 Å². The molecule has 1 aliphatic carbocycles. The lowest BCUT2D eigenvalue weighted by atomic mass is 9.85. The van der Waals surface area contributed by atoms with Crippen LogP contribution >= 0.6 is 0 Å². The van der Waals surface area contributed by atoms with Gasteiger partial charge in [-0.3, -0.25) is 0 Å². The zero-order chi connectivity index (χ0) is 14.1. The summed E-state index contributed by atoms with van der Waals surface area (Å²) in [7, 11) is 0. The molecular weight excluding hydrogens is 264 g/mol. The topological polar surface area (TPSA) is 41.5 Å². The maximum atomic E-state index is 5.43. The molecule has 3 aliphatic rings. The van der Waals surface area contributed by atoms with E-state index in [1.807, 2.05) is 0 Å². The molecule has 1 saturated carbocycles. The third-order valence-electron chi connectivity index (χ3n) is 5.28. The van der Waals surface area contributed by atoms with E-state index in [2.05, 4.69) is 25.8 Å². The normalized spacial score (nSPS) is 29.5. The first-order valence-electron chi connectivity index (χ1n) is 8.33. The fraction of sp³-hybridized carbons (Fsp3) is 0.750. The summed E-state index contributed by atoms with van der Waals surface area (Å²) in [4.78, 5) is 13.9. The minimum atomic E-state index is 0.714. The Hall–Kier alpha value is -1.36. The summed E-state index contributed by atoms with van der Waals surface area (Å²) in [5.74, 6) is 3.07. The van der Waals surface area contributed by atoms with Crippen LogP contribution in [0.4, 0.5) is 11.6 Å². The van der Waals surface area contributed by atoms with E-state index in [-0.39, 0.29) is 0 Å². The maximum absolute atomic E-state index is 5.43. The van der Waals surface area contributed by atoms with Gasteiger partial charge in [-0.05, 0) is 25.2 Å². The lowest BCUT2D eigenvalue weighted by Gasteiger charge is -2.33. The number of fused-ring (bicyclic) bond motifs is 1. The highest BCUT2D eigenvalue weighted by molar-refractivity contribution is 5.51. The Morgan fingerprint density at radius 3 is 2.67 bits per heavy atom. The molecule has 0 radical (unpaired) electrons. The first kappa shape index (κ1) is 13.3. The molecule has 0 bridgehead atoms. The van der Waals surface area contributed by atoms with Crippen molar-refractivity contribution in [3.8, 4) is 0 Å². The van der Waals surface area contributed by atoms with Gasteiger partial charge >= 0.3 is 0 Å². The molecule has 2 atom stereocenters. The van der Waals surface area contributed by atoms with Crippen LogP contribution in [0.3, 0.4) is 0 Å². The van der Waals surface area contributed by atoms with Crippen LogP contribution < -0.4 is 9.80 Å². The van der Waals surface area contributed by atoms with E-state index in [9.17, 15) is 0 Å². The monoisotopic (exact) mass is 288 g/mol. The molecular formula is C16H24N4O. The van der Waals surface area contributed by atoms with Gasteiger partial charge in [0.1, 0.15) is 18.0 Å². The highest BCUT2D eigenvalue weighted by atomic mass is 16.5. The number of ether oxygens (including phenoxy) is 1.